The molecule has 0 radical (unpaired) electrons. The molecule has 0 saturated carbocycles. The van der Waals surface area contributed by atoms with Gasteiger partial charge in [-0.3, -0.25) is 0 Å². The second kappa shape index (κ2) is 5.11. The number of ether oxygens (including phenoxy) is 1. The van der Waals surface area contributed by atoms with Crippen molar-refractivity contribution in [1.29, 1.82) is 0 Å². The second-order valence-electron chi connectivity index (χ2n) is 4.04. The van der Waals surface area contributed by atoms with Crippen LogP contribution in [-0.2, 0) is 9.53 Å². The Labute approximate surface area is 119 Å². The van der Waals surface area contributed by atoms with E-state index in [1.165, 1.54) is 10.6 Å². The molecular formula is C12H16N2O2SSe. The summed E-state index contributed by atoms with van der Waals surface area (Å²) in [5.41, 5.74) is 1.19. The van der Waals surface area contributed by atoms with Gasteiger partial charge in [0.25, 0.3) is 0 Å². The zero-order valence-electron chi connectivity index (χ0n) is 10.9. The van der Waals surface area contributed by atoms with Gasteiger partial charge >= 0.3 is 119 Å². The molecule has 1 amide bonds. The third-order valence-electron chi connectivity index (χ3n) is 3.09. The Morgan fingerprint density at radius 3 is 2.33 bits per heavy atom. The van der Waals surface area contributed by atoms with Crippen LogP contribution in [0.4, 0.5) is 0 Å². The Morgan fingerprint density at radius 1 is 1.22 bits per heavy atom. The molecule has 0 aromatic rings. The van der Waals surface area contributed by atoms with Gasteiger partial charge < -0.3 is 0 Å². The van der Waals surface area contributed by atoms with Crippen LogP contribution >= 0.6 is 11.8 Å². The number of hydrogen-bond donors (Lipinski definition) is 0. The van der Waals surface area contributed by atoms with Crippen LogP contribution in [0.5, 0.6) is 0 Å². The summed E-state index contributed by atoms with van der Waals surface area (Å²) >= 11 is 4.41. The summed E-state index contributed by atoms with van der Waals surface area (Å²) in [4.78, 5) is 17.2. The molecule has 98 valence electrons. The molecule has 0 aromatic heterocycles. The maximum absolute atomic E-state index is 12.3. The average Bonchev–Trinajstić information content (AvgIpc) is 2.78. The summed E-state index contributed by atoms with van der Waals surface area (Å²) in [7, 11) is 0. The Kier molecular flexibility index (Phi) is 3.90. The summed E-state index contributed by atoms with van der Waals surface area (Å²) in [6, 6.07) is 0. The number of hydrogen-bond acceptors (Lipinski definition) is 4. The maximum atomic E-state index is 12.3. The molecule has 0 spiro atoms. The first-order valence-corrected chi connectivity index (χ1v) is 7.59. The Bertz CT molecular complexity index is 484. The van der Waals surface area contributed by atoms with Gasteiger partial charge in [-0.15, -0.1) is 0 Å². The summed E-state index contributed by atoms with van der Waals surface area (Å²) in [6.07, 6.45) is 0. The molecule has 4 nitrogen and oxygen atoms in total. The van der Waals surface area contributed by atoms with E-state index in [0.29, 0.717) is 17.0 Å². The molecular weight excluding hydrogens is 315 g/mol. The van der Waals surface area contributed by atoms with Gasteiger partial charge in [-0.25, -0.2) is 0 Å². The van der Waals surface area contributed by atoms with Crippen molar-refractivity contribution < 1.29 is 9.53 Å². The van der Waals surface area contributed by atoms with E-state index in [4.69, 9.17) is 4.74 Å². The molecule has 0 aliphatic carbocycles. The molecule has 2 rings (SSSR count). The Balaban J connectivity index is 2.40. The van der Waals surface area contributed by atoms with E-state index in [0.717, 1.165) is 11.6 Å². The molecule has 0 unspecified atom stereocenters. The molecule has 1 saturated heterocycles. The quantitative estimate of drug-likeness (QED) is 0.569. The van der Waals surface area contributed by atoms with E-state index >= 15 is 0 Å². The van der Waals surface area contributed by atoms with Crippen molar-refractivity contribution in [3.8, 4) is 0 Å². The number of carbonyl (C=O) groups is 1. The fourth-order valence-corrected chi connectivity index (χ4v) is 3.73. The van der Waals surface area contributed by atoms with Crippen molar-refractivity contribution in [1.82, 2.24) is 9.80 Å². The first-order valence-electron chi connectivity index (χ1n) is 5.92. The first kappa shape index (κ1) is 13.7. The average molecular weight is 331 g/mol. The topological polar surface area (TPSA) is 32.8 Å². The third-order valence-corrected chi connectivity index (χ3v) is 4.92. The van der Waals surface area contributed by atoms with Gasteiger partial charge in [0.15, 0.2) is 0 Å². The predicted molar refractivity (Wildman–Crippen MR) is 74.6 cm³/mol. The van der Waals surface area contributed by atoms with Crippen molar-refractivity contribution in [2.24, 2.45) is 0 Å². The zero-order valence-corrected chi connectivity index (χ0v) is 13.5. The standard InChI is InChI=1S/C12H16N2O2SSe/c1-5-13-7(3)8(4)17-11(13)9-10(15)14(6-2)12(18)16-9/h5-6H2,1-4H3/b11-9-. The van der Waals surface area contributed by atoms with Gasteiger partial charge in [0.2, 0.25) is 0 Å². The molecule has 2 heterocycles. The van der Waals surface area contributed by atoms with Gasteiger partial charge in [-0.1, -0.05) is 0 Å². The molecule has 0 bridgehead atoms. The number of rotatable bonds is 2. The van der Waals surface area contributed by atoms with Crippen LogP contribution in [0.1, 0.15) is 27.7 Å². The van der Waals surface area contributed by atoms with E-state index in [2.05, 4.69) is 41.2 Å². The molecule has 2 aliphatic heterocycles. The molecule has 18 heavy (non-hydrogen) atoms. The SMILES string of the molecule is CCN1C(=O)/C(=C2/SC(C)=C(C)N2CC)OC1=[Se]. The second-order valence-corrected chi connectivity index (χ2v) is 5.98. The van der Waals surface area contributed by atoms with Crippen LogP contribution in [0.3, 0.4) is 0 Å². The number of allylic oxidation sites excluding steroid dienone is 2. The monoisotopic (exact) mass is 332 g/mol. The van der Waals surface area contributed by atoms with Crippen molar-refractivity contribution in [2.45, 2.75) is 27.7 Å². The number of likely N-dealkylation sites (N-methyl/N-ethyl adjacent to an activating group) is 1. The Morgan fingerprint density at radius 2 is 1.83 bits per heavy atom. The van der Waals surface area contributed by atoms with Crippen LogP contribution in [0.15, 0.2) is 21.4 Å². The van der Waals surface area contributed by atoms with Gasteiger partial charge in [0.05, 0.1) is 0 Å². The van der Waals surface area contributed by atoms with Crippen LogP contribution in [0.2, 0.25) is 0 Å². The van der Waals surface area contributed by atoms with Gasteiger partial charge in [0.1, 0.15) is 0 Å². The zero-order chi connectivity index (χ0) is 13.4. The van der Waals surface area contributed by atoms with Crippen molar-refractivity contribution in [3.63, 3.8) is 0 Å². The van der Waals surface area contributed by atoms with E-state index in [1.807, 2.05) is 6.92 Å². The number of amides is 1. The fourth-order valence-electron chi connectivity index (χ4n) is 1.97. The summed E-state index contributed by atoms with van der Waals surface area (Å²) < 4.78 is 6.16. The molecule has 0 atom stereocenters. The van der Waals surface area contributed by atoms with Crippen LogP contribution < -0.4 is 0 Å². The van der Waals surface area contributed by atoms with Crippen LogP contribution in [0, 0.1) is 0 Å². The molecule has 0 N–H and O–H groups in total. The van der Waals surface area contributed by atoms with Gasteiger partial charge in [-0.2, -0.15) is 0 Å². The van der Waals surface area contributed by atoms with Gasteiger partial charge in [-0.05, 0) is 0 Å². The first-order chi connectivity index (χ1) is 8.51. The number of thioether (sulfide) groups is 1. The van der Waals surface area contributed by atoms with Crippen molar-refractivity contribution in [2.75, 3.05) is 13.1 Å². The van der Waals surface area contributed by atoms with Crippen molar-refractivity contribution in [3.05, 3.63) is 21.4 Å². The predicted octanol–water partition coefficient (Wildman–Crippen LogP) is 1.61. The minimum atomic E-state index is -0.0605. The molecule has 6 heteroatoms. The van der Waals surface area contributed by atoms with Crippen LogP contribution in [0.25, 0.3) is 0 Å². The van der Waals surface area contributed by atoms with E-state index in [9.17, 15) is 4.79 Å². The van der Waals surface area contributed by atoms with E-state index in [-0.39, 0.29) is 5.91 Å². The molecule has 2 aliphatic rings. The number of nitrogens with zero attached hydrogens (tertiary/aromatic N) is 2. The fraction of sp³-hybridized carbons (Fsp3) is 0.500. The minimum absolute atomic E-state index is 0.0605. The number of carbonyl (C=O) groups excluding carboxylic acids is 1. The summed E-state index contributed by atoms with van der Waals surface area (Å²) in [6.45, 7) is 9.58. The Hall–Kier alpha value is -0.711. The van der Waals surface area contributed by atoms with E-state index < -0.39 is 0 Å². The summed E-state index contributed by atoms with van der Waals surface area (Å²) in [5.74, 6) is 0.378. The van der Waals surface area contributed by atoms with Crippen molar-refractivity contribution >= 4 is 38.0 Å². The molecule has 0 aromatic carbocycles. The van der Waals surface area contributed by atoms with Gasteiger partial charge in [0, 0.05) is 0 Å². The third kappa shape index (κ3) is 2.02. The molecule has 1 fully saturated rings. The van der Waals surface area contributed by atoms with Crippen LogP contribution in [-0.4, -0.2) is 49.1 Å². The normalized spacial score (nSPS) is 24.4. The van der Waals surface area contributed by atoms with E-state index in [1.54, 1.807) is 16.7 Å². The summed E-state index contributed by atoms with van der Waals surface area (Å²) in [5, 5.41) is 0.904.